The molecular formula is C15H23NO3. The minimum Gasteiger partial charge on any atom is -0.481 e. The number of hydrogen-bond acceptors (Lipinski definition) is 3. The Labute approximate surface area is 114 Å². The molecule has 0 saturated heterocycles. The van der Waals surface area contributed by atoms with Crippen molar-refractivity contribution in [3.8, 4) is 0 Å². The van der Waals surface area contributed by atoms with Crippen molar-refractivity contribution in [2.24, 2.45) is 5.92 Å². The molecular weight excluding hydrogens is 242 g/mol. The summed E-state index contributed by atoms with van der Waals surface area (Å²) in [5.74, 6) is -0.341. The number of aliphatic hydroxyl groups is 1. The average Bonchev–Trinajstić information content (AvgIpc) is 2.35. The number of carboxylic acids is 1. The van der Waals surface area contributed by atoms with Crippen LogP contribution in [-0.4, -0.2) is 28.8 Å². The van der Waals surface area contributed by atoms with Gasteiger partial charge in [0.1, 0.15) is 0 Å². The van der Waals surface area contributed by atoms with E-state index in [2.05, 4.69) is 19.2 Å². The van der Waals surface area contributed by atoms with Gasteiger partial charge in [0.15, 0.2) is 0 Å². The van der Waals surface area contributed by atoms with E-state index >= 15 is 0 Å². The van der Waals surface area contributed by atoms with Crippen molar-refractivity contribution in [3.63, 3.8) is 0 Å². The average molecular weight is 265 g/mol. The first-order chi connectivity index (χ1) is 9.02. The van der Waals surface area contributed by atoms with E-state index in [4.69, 9.17) is 10.2 Å². The summed E-state index contributed by atoms with van der Waals surface area (Å²) in [5, 5.41) is 21.1. The summed E-state index contributed by atoms with van der Waals surface area (Å²) in [6.07, 6.45) is 0.807. The fourth-order valence-electron chi connectivity index (χ4n) is 2.01. The molecule has 0 fully saturated rings. The highest BCUT2D eigenvalue weighted by Gasteiger charge is 2.11. The van der Waals surface area contributed by atoms with E-state index in [1.165, 1.54) is 0 Å². The van der Waals surface area contributed by atoms with Gasteiger partial charge in [0.05, 0.1) is 6.42 Å². The van der Waals surface area contributed by atoms with E-state index < -0.39 is 5.97 Å². The maximum absolute atomic E-state index is 10.6. The van der Waals surface area contributed by atoms with Gasteiger partial charge < -0.3 is 15.5 Å². The highest BCUT2D eigenvalue weighted by atomic mass is 16.4. The van der Waals surface area contributed by atoms with Crippen molar-refractivity contribution in [2.45, 2.75) is 39.3 Å². The SMILES string of the molecule is CC(C)C(CCO)NCc1ccc(CC(=O)O)cc1. The Morgan fingerprint density at radius 1 is 1.21 bits per heavy atom. The van der Waals surface area contributed by atoms with E-state index in [0.717, 1.165) is 24.1 Å². The summed E-state index contributed by atoms with van der Waals surface area (Å²) in [5.41, 5.74) is 1.93. The van der Waals surface area contributed by atoms with E-state index in [1.54, 1.807) is 0 Å². The molecule has 0 heterocycles. The number of nitrogens with one attached hydrogen (secondary N) is 1. The van der Waals surface area contributed by atoms with Crippen LogP contribution >= 0.6 is 0 Å². The fourth-order valence-corrected chi connectivity index (χ4v) is 2.01. The Morgan fingerprint density at radius 2 is 1.79 bits per heavy atom. The molecule has 0 spiro atoms. The predicted molar refractivity (Wildman–Crippen MR) is 75.0 cm³/mol. The fraction of sp³-hybridized carbons (Fsp3) is 0.533. The van der Waals surface area contributed by atoms with Crippen LogP contribution in [0.1, 0.15) is 31.4 Å². The Morgan fingerprint density at radius 3 is 2.26 bits per heavy atom. The first kappa shape index (κ1) is 15.7. The number of benzene rings is 1. The maximum atomic E-state index is 10.6. The second-order valence-electron chi connectivity index (χ2n) is 5.13. The molecule has 1 aromatic carbocycles. The molecule has 0 amide bonds. The molecule has 0 saturated carbocycles. The van der Waals surface area contributed by atoms with Crippen LogP contribution in [0.3, 0.4) is 0 Å². The number of aliphatic hydroxyl groups excluding tert-OH is 1. The molecule has 1 rings (SSSR count). The van der Waals surface area contributed by atoms with Crippen molar-refractivity contribution in [1.29, 1.82) is 0 Å². The molecule has 106 valence electrons. The zero-order valence-electron chi connectivity index (χ0n) is 11.6. The molecule has 0 aliphatic heterocycles. The number of hydrogen-bond donors (Lipinski definition) is 3. The van der Waals surface area contributed by atoms with Crippen molar-refractivity contribution in [1.82, 2.24) is 5.32 Å². The van der Waals surface area contributed by atoms with Crippen LogP contribution < -0.4 is 5.32 Å². The quantitative estimate of drug-likeness (QED) is 0.670. The van der Waals surface area contributed by atoms with Gasteiger partial charge in [-0.15, -0.1) is 0 Å². The third-order valence-corrected chi connectivity index (χ3v) is 3.19. The highest BCUT2D eigenvalue weighted by Crippen LogP contribution is 2.09. The van der Waals surface area contributed by atoms with Crippen molar-refractivity contribution < 1.29 is 15.0 Å². The van der Waals surface area contributed by atoms with E-state index in [1.807, 2.05) is 24.3 Å². The van der Waals surface area contributed by atoms with Crippen LogP contribution in [0.2, 0.25) is 0 Å². The molecule has 19 heavy (non-hydrogen) atoms. The minimum atomic E-state index is -0.811. The van der Waals surface area contributed by atoms with E-state index in [0.29, 0.717) is 12.0 Å². The third kappa shape index (κ3) is 5.85. The Hall–Kier alpha value is -1.39. The second kappa shape index (κ2) is 7.92. The summed E-state index contributed by atoms with van der Waals surface area (Å²) in [7, 11) is 0. The highest BCUT2D eigenvalue weighted by molar-refractivity contribution is 5.70. The zero-order chi connectivity index (χ0) is 14.3. The molecule has 0 aliphatic carbocycles. The van der Waals surface area contributed by atoms with E-state index in [9.17, 15) is 4.79 Å². The molecule has 0 radical (unpaired) electrons. The molecule has 4 nitrogen and oxygen atoms in total. The van der Waals surface area contributed by atoms with Gasteiger partial charge in [0.2, 0.25) is 0 Å². The summed E-state index contributed by atoms with van der Waals surface area (Å²) >= 11 is 0. The Bertz CT molecular complexity index is 387. The van der Waals surface area contributed by atoms with Gasteiger partial charge in [-0.1, -0.05) is 38.1 Å². The molecule has 1 aromatic rings. The molecule has 0 aliphatic rings. The number of rotatable bonds is 8. The number of aliphatic carboxylic acids is 1. The van der Waals surface area contributed by atoms with Crippen molar-refractivity contribution in [2.75, 3.05) is 6.61 Å². The standard InChI is InChI=1S/C15H23NO3/c1-11(2)14(7-8-17)16-10-13-5-3-12(4-6-13)9-15(18)19/h3-6,11,14,16-17H,7-10H2,1-2H3,(H,18,19). The van der Waals surface area contributed by atoms with Crippen LogP contribution in [0.4, 0.5) is 0 Å². The van der Waals surface area contributed by atoms with Crippen LogP contribution in [0.5, 0.6) is 0 Å². The lowest BCUT2D eigenvalue weighted by Gasteiger charge is -2.21. The first-order valence-electron chi connectivity index (χ1n) is 6.66. The summed E-state index contributed by atoms with van der Waals surface area (Å²) in [6, 6.07) is 7.88. The first-order valence-corrected chi connectivity index (χ1v) is 6.66. The smallest absolute Gasteiger partial charge is 0.307 e. The molecule has 3 N–H and O–H groups in total. The monoisotopic (exact) mass is 265 g/mol. The van der Waals surface area contributed by atoms with Crippen molar-refractivity contribution >= 4 is 5.97 Å². The van der Waals surface area contributed by atoms with Gasteiger partial charge in [-0.05, 0) is 23.5 Å². The van der Waals surface area contributed by atoms with Gasteiger partial charge in [-0.25, -0.2) is 0 Å². The second-order valence-corrected chi connectivity index (χ2v) is 5.13. The number of carbonyl (C=O) groups is 1. The number of carboxylic acid groups (broad SMARTS) is 1. The van der Waals surface area contributed by atoms with Crippen molar-refractivity contribution in [3.05, 3.63) is 35.4 Å². The van der Waals surface area contributed by atoms with Crippen LogP contribution in [0, 0.1) is 5.92 Å². The molecule has 1 unspecified atom stereocenters. The normalized spacial score (nSPS) is 12.6. The van der Waals surface area contributed by atoms with Gasteiger partial charge in [0.25, 0.3) is 0 Å². The lowest BCUT2D eigenvalue weighted by molar-refractivity contribution is -0.136. The molecule has 1 atom stereocenters. The van der Waals surface area contributed by atoms with Crippen LogP contribution in [0.25, 0.3) is 0 Å². The largest absolute Gasteiger partial charge is 0.481 e. The summed E-state index contributed by atoms with van der Waals surface area (Å²) in [4.78, 5) is 10.6. The summed E-state index contributed by atoms with van der Waals surface area (Å²) in [6.45, 7) is 5.18. The minimum absolute atomic E-state index is 0.0623. The maximum Gasteiger partial charge on any atom is 0.307 e. The third-order valence-electron chi connectivity index (χ3n) is 3.19. The molecule has 0 aromatic heterocycles. The van der Waals surface area contributed by atoms with E-state index in [-0.39, 0.29) is 13.0 Å². The van der Waals surface area contributed by atoms with Gasteiger partial charge in [-0.3, -0.25) is 4.79 Å². The van der Waals surface area contributed by atoms with Gasteiger partial charge >= 0.3 is 5.97 Å². The predicted octanol–water partition coefficient (Wildman–Crippen LogP) is 1.81. The molecule has 0 bridgehead atoms. The van der Waals surface area contributed by atoms with Crippen LogP contribution in [-0.2, 0) is 17.8 Å². The lowest BCUT2D eigenvalue weighted by atomic mass is 10.0. The summed E-state index contributed by atoms with van der Waals surface area (Å²) < 4.78 is 0. The van der Waals surface area contributed by atoms with Gasteiger partial charge in [0, 0.05) is 19.2 Å². The molecule has 4 heteroatoms. The Balaban J connectivity index is 2.50. The zero-order valence-corrected chi connectivity index (χ0v) is 11.6. The Kier molecular flexibility index (Phi) is 6.53. The van der Waals surface area contributed by atoms with Crippen LogP contribution in [0.15, 0.2) is 24.3 Å². The van der Waals surface area contributed by atoms with Gasteiger partial charge in [-0.2, -0.15) is 0 Å². The lowest BCUT2D eigenvalue weighted by Crippen LogP contribution is -2.34. The topological polar surface area (TPSA) is 69.6 Å².